The van der Waals surface area contributed by atoms with Crippen LogP contribution >= 0.6 is 23.2 Å². The molecular formula is C11H11Cl2NO4. The first-order valence-electron chi connectivity index (χ1n) is 4.94. The van der Waals surface area contributed by atoms with Gasteiger partial charge in [0.25, 0.3) is 5.91 Å². The molecule has 0 aliphatic carbocycles. The Morgan fingerprint density at radius 1 is 1.44 bits per heavy atom. The lowest BCUT2D eigenvalue weighted by atomic mass is 10.2. The summed E-state index contributed by atoms with van der Waals surface area (Å²) < 4.78 is 4.42. The fourth-order valence-corrected chi connectivity index (χ4v) is 1.73. The van der Waals surface area contributed by atoms with Crippen LogP contribution in [0, 0.1) is 0 Å². The van der Waals surface area contributed by atoms with E-state index in [1.807, 2.05) is 0 Å². The number of rotatable bonds is 4. The standard InChI is InChI=1S/C11H11Cl2NO4/c1-18-11(17)9(5-15)14-10(16)7-3-2-6(12)4-8(7)13/h2-4,9,15H,5H2,1H3,(H,14,16). The fourth-order valence-electron chi connectivity index (χ4n) is 1.23. The summed E-state index contributed by atoms with van der Waals surface area (Å²) >= 11 is 11.5. The van der Waals surface area contributed by atoms with E-state index < -0.39 is 24.5 Å². The first kappa shape index (κ1) is 14.8. The van der Waals surface area contributed by atoms with E-state index >= 15 is 0 Å². The summed E-state index contributed by atoms with van der Waals surface area (Å²) in [6, 6.07) is 3.19. The third-order valence-corrected chi connectivity index (χ3v) is 2.70. The van der Waals surface area contributed by atoms with Gasteiger partial charge in [0, 0.05) is 5.02 Å². The molecule has 0 aromatic heterocycles. The normalized spacial score (nSPS) is 11.8. The van der Waals surface area contributed by atoms with E-state index in [2.05, 4.69) is 10.1 Å². The van der Waals surface area contributed by atoms with Crippen LogP contribution in [-0.2, 0) is 9.53 Å². The summed E-state index contributed by atoms with van der Waals surface area (Å²) in [5, 5.41) is 11.8. The van der Waals surface area contributed by atoms with E-state index in [0.717, 1.165) is 7.11 Å². The van der Waals surface area contributed by atoms with Crippen molar-refractivity contribution >= 4 is 35.1 Å². The predicted octanol–water partition coefficient (Wildman–Crippen LogP) is 1.26. The van der Waals surface area contributed by atoms with Gasteiger partial charge in [-0.25, -0.2) is 4.79 Å². The molecule has 0 heterocycles. The van der Waals surface area contributed by atoms with Gasteiger partial charge < -0.3 is 15.2 Å². The van der Waals surface area contributed by atoms with Crippen LogP contribution in [0.1, 0.15) is 10.4 Å². The van der Waals surface area contributed by atoms with Gasteiger partial charge >= 0.3 is 5.97 Å². The van der Waals surface area contributed by atoms with E-state index in [1.165, 1.54) is 18.2 Å². The smallest absolute Gasteiger partial charge is 0.330 e. The van der Waals surface area contributed by atoms with Crippen molar-refractivity contribution < 1.29 is 19.4 Å². The highest BCUT2D eigenvalue weighted by molar-refractivity contribution is 6.36. The highest BCUT2D eigenvalue weighted by Crippen LogP contribution is 2.20. The van der Waals surface area contributed by atoms with Gasteiger partial charge in [-0.15, -0.1) is 0 Å². The van der Waals surface area contributed by atoms with E-state index in [1.54, 1.807) is 0 Å². The molecule has 1 amide bonds. The number of amides is 1. The zero-order valence-electron chi connectivity index (χ0n) is 9.44. The summed E-state index contributed by atoms with van der Waals surface area (Å²) in [5.74, 6) is -1.34. The van der Waals surface area contributed by atoms with Gasteiger partial charge in [-0.1, -0.05) is 23.2 Å². The number of benzene rings is 1. The molecule has 0 aliphatic rings. The molecule has 0 saturated carbocycles. The van der Waals surface area contributed by atoms with Gasteiger partial charge in [-0.3, -0.25) is 4.79 Å². The molecular weight excluding hydrogens is 281 g/mol. The molecule has 2 N–H and O–H groups in total. The van der Waals surface area contributed by atoms with Crippen molar-refractivity contribution in [1.82, 2.24) is 5.32 Å². The van der Waals surface area contributed by atoms with Crippen LogP contribution in [0.25, 0.3) is 0 Å². The van der Waals surface area contributed by atoms with E-state index in [4.69, 9.17) is 28.3 Å². The third-order valence-electron chi connectivity index (χ3n) is 2.15. The number of halogens is 2. The summed E-state index contributed by atoms with van der Waals surface area (Å²) in [6.07, 6.45) is 0. The van der Waals surface area contributed by atoms with Crippen molar-refractivity contribution in [2.75, 3.05) is 13.7 Å². The largest absolute Gasteiger partial charge is 0.467 e. The van der Waals surface area contributed by atoms with Crippen molar-refractivity contribution in [1.29, 1.82) is 0 Å². The van der Waals surface area contributed by atoms with Crippen molar-refractivity contribution in [3.8, 4) is 0 Å². The topological polar surface area (TPSA) is 75.6 Å². The number of hydrogen-bond donors (Lipinski definition) is 2. The second kappa shape index (κ2) is 6.58. The monoisotopic (exact) mass is 291 g/mol. The highest BCUT2D eigenvalue weighted by atomic mass is 35.5. The molecule has 1 aromatic carbocycles. The Bertz CT molecular complexity index is 464. The van der Waals surface area contributed by atoms with Crippen LogP contribution in [0.4, 0.5) is 0 Å². The third kappa shape index (κ3) is 3.60. The van der Waals surface area contributed by atoms with Gasteiger partial charge in [-0.2, -0.15) is 0 Å². The maximum atomic E-state index is 11.8. The van der Waals surface area contributed by atoms with Crippen molar-refractivity contribution in [2.45, 2.75) is 6.04 Å². The molecule has 0 saturated heterocycles. The fraction of sp³-hybridized carbons (Fsp3) is 0.273. The van der Waals surface area contributed by atoms with Gasteiger partial charge in [-0.05, 0) is 18.2 Å². The molecule has 0 bridgehead atoms. The SMILES string of the molecule is COC(=O)C(CO)NC(=O)c1ccc(Cl)cc1Cl. The number of aliphatic hydroxyl groups is 1. The average Bonchev–Trinajstić information content (AvgIpc) is 2.34. The minimum Gasteiger partial charge on any atom is -0.467 e. The van der Waals surface area contributed by atoms with Gasteiger partial charge in [0.2, 0.25) is 0 Å². The first-order chi connectivity index (χ1) is 8.49. The minimum atomic E-state index is -1.13. The Morgan fingerprint density at radius 3 is 2.61 bits per heavy atom. The average molecular weight is 292 g/mol. The maximum Gasteiger partial charge on any atom is 0.330 e. The summed E-state index contributed by atoms with van der Waals surface area (Å²) in [6.45, 7) is -0.566. The Kier molecular flexibility index (Phi) is 5.40. The summed E-state index contributed by atoms with van der Waals surface area (Å²) in [7, 11) is 1.16. The first-order valence-corrected chi connectivity index (χ1v) is 5.69. The van der Waals surface area contributed by atoms with Crippen LogP contribution < -0.4 is 5.32 Å². The molecule has 98 valence electrons. The molecule has 1 rings (SSSR count). The van der Waals surface area contributed by atoms with Crippen molar-refractivity contribution in [3.63, 3.8) is 0 Å². The van der Waals surface area contributed by atoms with Crippen LogP contribution in [-0.4, -0.2) is 36.7 Å². The number of hydrogen-bond acceptors (Lipinski definition) is 4. The van der Waals surface area contributed by atoms with Crippen LogP contribution in [0.5, 0.6) is 0 Å². The summed E-state index contributed by atoms with van der Waals surface area (Å²) in [4.78, 5) is 23.0. The number of nitrogens with one attached hydrogen (secondary N) is 1. The minimum absolute atomic E-state index is 0.154. The number of carbonyl (C=O) groups is 2. The molecule has 1 atom stereocenters. The lowest BCUT2D eigenvalue weighted by Crippen LogP contribution is -2.44. The van der Waals surface area contributed by atoms with Crippen molar-refractivity contribution in [2.24, 2.45) is 0 Å². The maximum absolute atomic E-state index is 11.8. The molecule has 5 nitrogen and oxygen atoms in total. The van der Waals surface area contributed by atoms with E-state index in [-0.39, 0.29) is 10.6 Å². The zero-order valence-corrected chi connectivity index (χ0v) is 11.0. The van der Waals surface area contributed by atoms with Gasteiger partial charge in [0.05, 0.1) is 24.3 Å². The Balaban J connectivity index is 2.84. The Morgan fingerprint density at radius 2 is 2.11 bits per heavy atom. The Labute approximate surface area is 114 Å². The van der Waals surface area contributed by atoms with Crippen LogP contribution in [0.3, 0.4) is 0 Å². The van der Waals surface area contributed by atoms with Gasteiger partial charge in [0.1, 0.15) is 0 Å². The van der Waals surface area contributed by atoms with Crippen molar-refractivity contribution in [3.05, 3.63) is 33.8 Å². The molecule has 18 heavy (non-hydrogen) atoms. The lowest BCUT2D eigenvalue weighted by Gasteiger charge is -2.14. The molecule has 1 unspecified atom stereocenters. The summed E-state index contributed by atoms with van der Waals surface area (Å²) in [5.41, 5.74) is 0.156. The predicted molar refractivity (Wildman–Crippen MR) is 66.8 cm³/mol. The second-order valence-electron chi connectivity index (χ2n) is 3.36. The molecule has 1 aromatic rings. The number of esters is 1. The van der Waals surface area contributed by atoms with E-state index in [9.17, 15) is 9.59 Å². The number of methoxy groups -OCH3 is 1. The highest BCUT2D eigenvalue weighted by Gasteiger charge is 2.22. The second-order valence-corrected chi connectivity index (χ2v) is 4.20. The van der Waals surface area contributed by atoms with Crippen LogP contribution in [0.15, 0.2) is 18.2 Å². The Hall–Kier alpha value is -1.30. The van der Waals surface area contributed by atoms with Gasteiger partial charge in [0.15, 0.2) is 6.04 Å². The molecule has 0 aliphatic heterocycles. The molecule has 0 fully saturated rings. The van der Waals surface area contributed by atoms with E-state index in [0.29, 0.717) is 5.02 Å². The van der Waals surface area contributed by atoms with Crippen LogP contribution in [0.2, 0.25) is 10.0 Å². The molecule has 7 heteroatoms. The quantitative estimate of drug-likeness (QED) is 0.819. The molecule has 0 radical (unpaired) electrons. The zero-order chi connectivity index (χ0) is 13.7. The lowest BCUT2D eigenvalue weighted by molar-refractivity contribution is -0.143. The number of ether oxygens (including phenoxy) is 1. The number of carbonyl (C=O) groups excluding carboxylic acids is 2. The number of aliphatic hydroxyl groups excluding tert-OH is 1. The molecule has 0 spiro atoms.